The maximum atomic E-state index is 14.3. The van der Waals surface area contributed by atoms with Gasteiger partial charge < -0.3 is 5.32 Å². The Morgan fingerprint density at radius 1 is 0.486 bits per heavy atom. The van der Waals surface area contributed by atoms with Crippen molar-refractivity contribution in [1.82, 2.24) is 5.32 Å². The Labute approximate surface area is 197 Å². The third-order valence-electron chi connectivity index (χ3n) is 5.08. The van der Waals surface area contributed by atoms with E-state index in [-0.39, 0.29) is 23.7 Å². The van der Waals surface area contributed by atoms with E-state index in [4.69, 9.17) is 0 Å². The Hall–Kier alpha value is -2.01. The zero-order valence-corrected chi connectivity index (χ0v) is 18.4. The molecular weight excluding hydrogens is 565 g/mol. The van der Waals surface area contributed by atoms with Crippen LogP contribution in [0.5, 0.6) is 0 Å². The van der Waals surface area contributed by atoms with E-state index in [0.717, 1.165) is 0 Å². The van der Waals surface area contributed by atoms with Crippen molar-refractivity contribution in [2.75, 3.05) is 0 Å². The minimum Gasteiger partial charge on any atom is -0.308 e. The van der Waals surface area contributed by atoms with E-state index in [1.54, 1.807) is 13.8 Å². The van der Waals surface area contributed by atoms with Gasteiger partial charge in [-0.05, 0) is 12.5 Å². The number of benzene rings is 1. The fourth-order valence-corrected chi connectivity index (χ4v) is 2.92. The van der Waals surface area contributed by atoms with Gasteiger partial charge in [-0.2, -0.15) is 74.6 Å². The monoisotopic (exact) mass is 581 g/mol. The number of alkyl halides is 17. The van der Waals surface area contributed by atoms with Crippen LogP contribution in [0.2, 0.25) is 0 Å². The van der Waals surface area contributed by atoms with Crippen molar-refractivity contribution in [1.29, 1.82) is 0 Å². The third kappa shape index (κ3) is 4.82. The molecule has 1 N–H and O–H groups in total. The molecule has 0 spiro atoms. The van der Waals surface area contributed by atoms with Crippen LogP contribution in [0, 0.1) is 0 Å². The molecule has 0 amide bonds. The Bertz CT molecular complexity index is 931. The number of halogens is 17. The molecule has 1 nitrogen and oxygen atoms in total. The van der Waals surface area contributed by atoms with Crippen molar-refractivity contribution in [2.24, 2.45) is 0 Å². The van der Waals surface area contributed by atoms with Gasteiger partial charge in [-0.15, -0.1) is 0 Å². The zero-order valence-electron chi connectivity index (χ0n) is 18.4. The quantitative estimate of drug-likeness (QED) is 0.275. The minimum absolute atomic E-state index is 0.0273. The van der Waals surface area contributed by atoms with Crippen LogP contribution in [-0.2, 0) is 5.92 Å². The van der Waals surface area contributed by atoms with E-state index in [1.165, 1.54) is 6.92 Å². The summed E-state index contributed by atoms with van der Waals surface area (Å²) in [6, 6.07) is 0.224. The summed E-state index contributed by atoms with van der Waals surface area (Å²) >= 11 is 0. The van der Waals surface area contributed by atoms with Crippen molar-refractivity contribution in [3.63, 3.8) is 0 Å². The summed E-state index contributed by atoms with van der Waals surface area (Å²) in [6.45, 7) is 4.65. The van der Waals surface area contributed by atoms with E-state index in [9.17, 15) is 74.6 Å². The van der Waals surface area contributed by atoms with Gasteiger partial charge in [0.2, 0.25) is 0 Å². The van der Waals surface area contributed by atoms with Gasteiger partial charge >= 0.3 is 47.6 Å². The van der Waals surface area contributed by atoms with Crippen LogP contribution in [0.15, 0.2) is 24.3 Å². The Kier molecular flexibility index (Phi) is 8.32. The fraction of sp³-hybridized carbons (Fsp3) is 0.684. The molecule has 1 unspecified atom stereocenters. The average molecular weight is 581 g/mol. The van der Waals surface area contributed by atoms with Crippen LogP contribution in [-0.4, -0.2) is 47.8 Å². The second-order valence-corrected chi connectivity index (χ2v) is 8.18. The maximum Gasteiger partial charge on any atom is 0.460 e. The Balaban J connectivity index is 3.60. The molecule has 0 heterocycles. The number of hydrogen-bond acceptors (Lipinski definition) is 1. The van der Waals surface area contributed by atoms with Gasteiger partial charge in [-0.25, -0.2) is 0 Å². The molecule has 216 valence electrons. The topological polar surface area (TPSA) is 12.0 Å². The number of rotatable bonds is 10. The van der Waals surface area contributed by atoms with Crippen molar-refractivity contribution >= 4 is 0 Å². The zero-order chi connectivity index (χ0) is 29.8. The molecular formula is C19H16F17N. The summed E-state index contributed by atoms with van der Waals surface area (Å²) in [5, 5.41) is 2.79. The second kappa shape index (κ2) is 9.32. The molecule has 0 saturated heterocycles. The van der Waals surface area contributed by atoms with Gasteiger partial charge in [0.15, 0.2) is 0 Å². The van der Waals surface area contributed by atoms with Crippen LogP contribution in [0.25, 0.3) is 0 Å². The first-order valence-electron chi connectivity index (χ1n) is 9.63. The molecule has 1 aromatic carbocycles. The minimum atomic E-state index is -8.64. The second-order valence-electron chi connectivity index (χ2n) is 8.18. The fourth-order valence-electron chi connectivity index (χ4n) is 2.92. The highest BCUT2D eigenvalue weighted by molar-refractivity contribution is 5.31. The Morgan fingerprint density at radius 2 is 0.811 bits per heavy atom. The number of nitrogens with one attached hydrogen (secondary N) is 1. The molecule has 1 rings (SSSR count). The van der Waals surface area contributed by atoms with Crippen LogP contribution >= 0.6 is 0 Å². The van der Waals surface area contributed by atoms with Gasteiger partial charge in [0.05, 0.1) is 0 Å². The molecule has 0 fully saturated rings. The highest BCUT2D eigenvalue weighted by Gasteiger charge is 2.95. The van der Waals surface area contributed by atoms with Crippen molar-refractivity contribution in [2.45, 2.75) is 80.5 Å². The lowest BCUT2D eigenvalue weighted by atomic mass is 9.87. The lowest BCUT2D eigenvalue weighted by Crippen LogP contribution is -2.74. The van der Waals surface area contributed by atoms with Crippen LogP contribution < -0.4 is 5.32 Å². The summed E-state index contributed by atoms with van der Waals surface area (Å²) in [4.78, 5) is 0. The van der Waals surface area contributed by atoms with E-state index in [1.807, 2.05) is 0 Å². The summed E-state index contributed by atoms with van der Waals surface area (Å²) in [5.74, 6) is -56.5. The third-order valence-corrected chi connectivity index (χ3v) is 5.08. The summed E-state index contributed by atoms with van der Waals surface area (Å²) in [7, 11) is 0. The maximum absolute atomic E-state index is 14.3. The van der Waals surface area contributed by atoms with Gasteiger partial charge in [0.25, 0.3) is 0 Å². The molecule has 1 atom stereocenters. The molecule has 37 heavy (non-hydrogen) atoms. The molecule has 0 radical (unpaired) electrons. The SMILES string of the molecule is CC(C)NC(C)c1ccc(C(F)(F)C(F)(F)C(F)(F)C(F)(F)C(F)(F)C(F)(F)C(F)(F)C(F)(F)F)cc1. The van der Waals surface area contributed by atoms with Gasteiger partial charge in [-0.1, -0.05) is 38.1 Å². The standard InChI is InChI=1S/C19H16F17N/c1-8(2)37-9(3)10-4-6-11(7-5-10)12(20,21)13(22,23)14(24,25)15(26,27)16(28,29)17(30,31)18(32,33)19(34,35)36/h4-9,37H,1-3H3. The van der Waals surface area contributed by atoms with Crippen LogP contribution in [0.1, 0.15) is 37.9 Å². The van der Waals surface area contributed by atoms with E-state index >= 15 is 0 Å². The van der Waals surface area contributed by atoms with Crippen molar-refractivity contribution in [3.05, 3.63) is 35.4 Å². The Morgan fingerprint density at radius 3 is 1.14 bits per heavy atom. The summed E-state index contributed by atoms with van der Waals surface area (Å²) in [6.07, 6.45) is -7.78. The predicted octanol–water partition coefficient (Wildman–Crippen LogP) is 8.21. The van der Waals surface area contributed by atoms with Crippen LogP contribution in [0.4, 0.5) is 74.6 Å². The molecule has 0 saturated carbocycles. The lowest BCUT2D eigenvalue weighted by molar-refractivity contribution is -0.462. The normalized spacial score (nSPS) is 16.4. The first kappa shape index (κ1) is 33.0. The largest absolute Gasteiger partial charge is 0.460 e. The van der Waals surface area contributed by atoms with E-state index < -0.39 is 59.2 Å². The average Bonchev–Trinajstić information content (AvgIpc) is 2.71. The smallest absolute Gasteiger partial charge is 0.308 e. The van der Waals surface area contributed by atoms with Crippen LogP contribution in [0.3, 0.4) is 0 Å². The summed E-state index contributed by atoms with van der Waals surface area (Å²) in [5.41, 5.74) is -2.20. The van der Waals surface area contributed by atoms with E-state index in [0.29, 0.717) is 12.1 Å². The van der Waals surface area contributed by atoms with Gasteiger partial charge in [0, 0.05) is 17.6 Å². The first-order chi connectivity index (χ1) is 16.1. The molecule has 18 heteroatoms. The van der Waals surface area contributed by atoms with Gasteiger partial charge in [-0.3, -0.25) is 0 Å². The first-order valence-corrected chi connectivity index (χ1v) is 9.63. The molecule has 0 aliphatic heterocycles. The molecule has 0 bridgehead atoms. The van der Waals surface area contributed by atoms with Crippen molar-refractivity contribution in [3.8, 4) is 0 Å². The van der Waals surface area contributed by atoms with Crippen molar-refractivity contribution < 1.29 is 74.6 Å². The predicted molar refractivity (Wildman–Crippen MR) is 92.8 cm³/mol. The summed E-state index contributed by atoms with van der Waals surface area (Å²) < 4.78 is 227. The highest BCUT2D eigenvalue weighted by Crippen LogP contribution is 2.65. The molecule has 1 aromatic rings. The van der Waals surface area contributed by atoms with Gasteiger partial charge in [0.1, 0.15) is 0 Å². The van der Waals surface area contributed by atoms with E-state index in [2.05, 4.69) is 5.32 Å². The molecule has 0 aliphatic rings. The molecule has 0 aliphatic carbocycles. The highest BCUT2D eigenvalue weighted by atomic mass is 19.4. The lowest BCUT2D eigenvalue weighted by Gasteiger charge is -2.42. The number of hydrogen-bond donors (Lipinski definition) is 1. The molecule has 0 aromatic heterocycles.